The summed E-state index contributed by atoms with van der Waals surface area (Å²) >= 11 is 0. The summed E-state index contributed by atoms with van der Waals surface area (Å²) in [5.74, 6) is -0.945. The summed E-state index contributed by atoms with van der Waals surface area (Å²) < 4.78 is 9.99. The number of carbonyl (C=O) groups excluding carboxylic acids is 1. The molecule has 1 heterocycles. The highest BCUT2D eigenvalue weighted by Crippen LogP contribution is 2.16. The lowest BCUT2D eigenvalue weighted by Crippen LogP contribution is -2.46. The van der Waals surface area contributed by atoms with E-state index in [1.165, 1.54) is 4.90 Å². The normalized spacial score (nSPS) is 18.9. The SMILES string of the molecule is COCCOCCNC(=O)N1CCC[C@@H]1C(=O)O. The Kier molecular flexibility index (Phi) is 6.45. The number of methoxy groups -OCH3 is 1. The van der Waals surface area contributed by atoms with Crippen LogP contribution in [0.25, 0.3) is 0 Å². The number of carboxylic acid groups (broad SMARTS) is 1. The molecule has 104 valence electrons. The fourth-order valence-corrected chi connectivity index (χ4v) is 1.84. The number of nitrogens with one attached hydrogen (secondary N) is 1. The van der Waals surface area contributed by atoms with Crippen molar-refractivity contribution in [3.05, 3.63) is 0 Å². The van der Waals surface area contributed by atoms with Crippen molar-refractivity contribution in [2.45, 2.75) is 18.9 Å². The quantitative estimate of drug-likeness (QED) is 0.624. The fraction of sp³-hybridized carbons (Fsp3) is 0.818. The second-order valence-electron chi connectivity index (χ2n) is 4.03. The Morgan fingerprint density at radius 3 is 2.83 bits per heavy atom. The van der Waals surface area contributed by atoms with E-state index in [0.717, 1.165) is 6.42 Å². The molecule has 0 unspecified atom stereocenters. The molecular weight excluding hydrogens is 240 g/mol. The monoisotopic (exact) mass is 260 g/mol. The molecule has 0 aromatic carbocycles. The molecule has 0 spiro atoms. The van der Waals surface area contributed by atoms with Crippen LogP contribution in [0.5, 0.6) is 0 Å². The standard InChI is InChI=1S/C11H20N2O5/c1-17-7-8-18-6-4-12-11(16)13-5-2-3-9(13)10(14)15/h9H,2-8H2,1H3,(H,12,16)(H,14,15)/t9-/m1/s1. The van der Waals surface area contributed by atoms with E-state index in [4.69, 9.17) is 14.6 Å². The van der Waals surface area contributed by atoms with Gasteiger partial charge in [0.1, 0.15) is 6.04 Å². The van der Waals surface area contributed by atoms with Crippen LogP contribution >= 0.6 is 0 Å². The van der Waals surface area contributed by atoms with E-state index in [2.05, 4.69) is 5.32 Å². The number of ether oxygens (including phenoxy) is 2. The highest BCUT2D eigenvalue weighted by molar-refractivity contribution is 5.83. The third-order valence-corrected chi connectivity index (χ3v) is 2.75. The average molecular weight is 260 g/mol. The number of likely N-dealkylation sites (tertiary alicyclic amines) is 1. The second-order valence-corrected chi connectivity index (χ2v) is 4.03. The number of urea groups is 1. The highest BCUT2D eigenvalue weighted by atomic mass is 16.5. The molecule has 7 heteroatoms. The molecule has 0 aliphatic carbocycles. The van der Waals surface area contributed by atoms with Gasteiger partial charge in [0.25, 0.3) is 0 Å². The minimum absolute atomic E-state index is 0.338. The molecule has 0 saturated carbocycles. The van der Waals surface area contributed by atoms with Gasteiger partial charge in [-0.1, -0.05) is 0 Å². The minimum Gasteiger partial charge on any atom is -0.480 e. The molecule has 0 bridgehead atoms. The Hall–Kier alpha value is -1.34. The van der Waals surface area contributed by atoms with Crippen molar-refractivity contribution >= 4 is 12.0 Å². The Bertz CT molecular complexity index is 285. The fourth-order valence-electron chi connectivity index (χ4n) is 1.84. The molecule has 1 aliphatic heterocycles. The maximum atomic E-state index is 11.7. The van der Waals surface area contributed by atoms with Gasteiger partial charge in [0.05, 0.1) is 19.8 Å². The van der Waals surface area contributed by atoms with Crippen molar-refractivity contribution in [2.75, 3.05) is 40.0 Å². The minimum atomic E-state index is -0.945. The van der Waals surface area contributed by atoms with Gasteiger partial charge in [-0.3, -0.25) is 0 Å². The summed E-state index contributed by atoms with van der Waals surface area (Å²) in [5, 5.41) is 11.6. The van der Waals surface area contributed by atoms with Crippen LogP contribution in [0.4, 0.5) is 4.79 Å². The maximum absolute atomic E-state index is 11.7. The van der Waals surface area contributed by atoms with Crippen molar-refractivity contribution in [1.82, 2.24) is 10.2 Å². The third-order valence-electron chi connectivity index (χ3n) is 2.75. The predicted molar refractivity (Wildman–Crippen MR) is 63.5 cm³/mol. The lowest BCUT2D eigenvalue weighted by atomic mass is 10.2. The number of carboxylic acids is 1. The van der Waals surface area contributed by atoms with Crippen LogP contribution in [0.3, 0.4) is 0 Å². The summed E-state index contributed by atoms with van der Waals surface area (Å²) in [7, 11) is 1.59. The number of hydrogen-bond donors (Lipinski definition) is 2. The van der Waals surface area contributed by atoms with Crippen molar-refractivity contribution in [3.8, 4) is 0 Å². The summed E-state index contributed by atoms with van der Waals surface area (Å²) in [4.78, 5) is 24.0. The smallest absolute Gasteiger partial charge is 0.326 e. The van der Waals surface area contributed by atoms with Crippen LogP contribution < -0.4 is 5.32 Å². The molecule has 18 heavy (non-hydrogen) atoms. The molecular formula is C11H20N2O5. The van der Waals surface area contributed by atoms with Crippen molar-refractivity contribution < 1.29 is 24.2 Å². The first-order valence-corrected chi connectivity index (χ1v) is 6.00. The van der Waals surface area contributed by atoms with Crippen molar-refractivity contribution in [1.29, 1.82) is 0 Å². The van der Waals surface area contributed by atoms with Gasteiger partial charge in [-0.05, 0) is 12.8 Å². The van der Waals surface area contributed by atoms with Crippen LogP contribution in [0.2, 0.25) is 0 Å². The summed E-state index contributed by atoms with van der Waals surface area (Å²) in [5.41, 5.74) is 0. The molecule has 1 fully saturated rings. The first-order chi connectivity index (χ1) is 8.66. The Morgan fingerprint density at radius 1 is 1.39 bits per heavy atom. The van der Waals surface area contributed by atoms with E-state index in [0.29, 0.717) is 39.3 Å². The average Bonchev–Trinajstić information content (AvgIpc) is 2.82. The first-order valence-electron chi connectivity index (χ1n) is 6.00. The van der Waals surface area contributed by atoms with Crippen LogP contribution in [0.15, 0.2) is 0 Å². The molecule has 0 aromatic rings. The molecule has 0 aromatic heterocycles. The van der Waals surface area contributed by atoms with Crippen LogP contribution in [0, 0.1) is 0 Å². The van der Waals surface area contributed by atoms with Crippen LogP contribution in [-0.2, 0) is 14.3 Å². The predicted octanol–water partition coefficient (Wildman–Crippen LogP) is -0.0920. The van der Waals surface area contributed by atoms with Crippen molar-refractivity contribution in [3.63, 3.8) is 0 Å². The van der Waals surface area contributed by atoms with E-state index in [1.54, 1.807) is 7.11 Å². The van der Waals surface area contributed by atoms with Gasteiger partial charge in [0.2, 0.25) is 0 Å². The third kappa shape index (κ3) is 4.50. The second kappa shape index (κ2) is 7.88. The zero-order valence-electron chi connectivity index (χ0n) is 10.6. The largest absolute Gasteiger partial charge is 0.480 e. The number of aliphatic carboxylic acids is 1. The van der Waals surface area contributed by atoms with E-state index in [1.807, 2.05) is 0 Å². The molecule has 7 nitrogen and oxygen atoms in total. The molecule has 1 aliphatic rings. The molecule has 1 atom stereocenters. The van der Waals surface area contributed by atoms with Gasteiger partial charge in [-0.15, -0.1) is 0 Å². The van der Waals surface area contributed by atoms with E-state index < -0.39 is 12.0 Å². The summed E-state index contributed by atoms with van der Waals surface area (Å²) in [6.07, 6.45) is 1.25. The molecule has 0 radical (unpaired) electrons. The van der Waals surface area contributed by atoms with E-state index >= 15 is 0 Å². The Labute approximate surface area is 106 Å². The van der Waals surface area contributed by atoms with Gasteiger partial charge in [0.15, 0.2) is 0 Å². The molecule has 2 amide bonds. The van der Waals surface area contributed by atoms with Gasteiger partial charge in [-0.25, -0.2) is 9.59 Å². The molecule has 2 N–H and O–H groups in total. The molecule has 1 saturated heterocycles. The highest BCUT2D eigenvalue weighted by Gasteiger charge is 2.33. The number of hydrogen-bond acceptors (Lipinski definition) is 4. The Morgan fingerprint density at radius 2 is 2.17 bits per heavy atom. The maximum Gasteiger partial charge on any atom is 0.326 e. The lowest BCUT2D eigenvalue weighted by molar-refractivity contribution is -0.141. The van der Waals surface area contributed by atoms with Gasteiger partial charge in [-0.2, -0.15) is 0 Å². The Balaban J connectivity index is 2.18. The number of amides is 2. The van der Waals surface area contributed by atoms with Gasteiger partial charge in [0, 0.05) is 20.2 Å². The molecule has 1 rings (SSSR count). The number of rotatable bonds is 7. The topological polar surface area (TPSA) is 88.1 Å². The van der Waals surface area contributed by atoms with Crippen LogP contribution in [0.1, 0.15) is 12.8 Å². The summed E-state index contributed by atoms with van der Waals surface area (Å²) in [6, 6.07) is -1.03. The number of carbonyl (C=O) groups is 2. The van der Waals surface area contributed by atoms with Gasteiger partial charge < -0.3 is 24.8 Å². The zero-order chi connectivity index (χ0) is 13.4. The first kappa shape index (κ1) is 14.7. The summed E-state index contributed by atoms with van der Waals surface area (Å²) in [6.45, 7) is 2.24. The van der Waals surface area contributed by atoms with Crippen molar-refractivity contribution in [2.24, 2.45) is 0 Å². The van der Waals surface area contributed by atoms with E-state index in [9.17, 15) is 9.59 Å². The van der Waals surface area contributed by atoms with Gasteiger partial charge >= 0.3 is 12.0 Å². The lowest BCUT2D eigenvalue weighted by Gasteiger charge is -2.21. The van der Waals surface area contributed by atoms with Crippen LogP contribution in [-0.4, -0.2) is 68.1 Å². The van der Waals surface area contributed by atoms with E-state index in [-0.39, 0.29) is 6.03 Å². The zero-order valence-corrected chi connectivity index (χ0v) is 10.6. The number of nitrogens with zero attached hydrogens (tertiary/aromatic N) is 1.